The number of thioether (sulfide) groups is 1. The Morgan fingerprint density at radius 3 is 2.40 bits per heavy atom. The van der Waals surface area contributed by atoms with Crippen LogP contribution in [0.3, 0.4) is 0 Å². The van der Waals surface area contributed by atoms with Gasteiger partial charge in [-0.3, -0.25) is 19.9 Å². The number of carbonyl (C=O) groups is 3. The van der Waals surface area contributed by atoms with Gasteiger partial charge in [-0.15, -0.1) is 11.8 Å². The number of aliphatic carboxylic acids is 1. The molecular weight excluding hydrogens is 578 g/mol. The quantitative estimate of drug-likeness (QED) is 0.101. The molecule has 2 aromatic rings. The molecule has 224 valence electrons. The molecule has 1 fully saturated rings. The van der Waals surface area contributed by atoms with Gasteiger partial charge in [-0.2, -0.15) is 9.57 Å². The van der Waals surface area contributed by atoms with Crippen molar-refractivity contribution in [1.82, 2.24) is 14.9 Å². The van der Waals surface area contributed by atoms with Gasteiger partial charge in [0, 0.05) is 30.6 Å². The maximum absolute atomic E-state index is 13.5. The van der Waals surface area contributed by atoms with E-state index in [1.54, 1.807) is 69.4 Å². The lowest BCUT2D eigenvalue weighted by molar-refractivity contribution is -0.142. The van der Waals surface area contributed by atoms with Gasteiger partial charge < -0.3 is 10.4 Å². The Morgan fingerprint density at radius 1 is 1.14 bits per heavy atom. The number of hydrogen-bond donors (Lipinski definition) is 3. The molecule has 3 N–H and O–H groups in total. The van der Waals surface area contributed by atoms with E-state index in [1.807, 2.05) is 0 Å². The minimum atomic E-state index is -3.99. The number of Topliss-reactive ketones (excluding diaryl/α,β-unsaturated/α-hetero) is 1. The summed E-state index contributed by atoms with van der Waals surface area (Å²) in [7, 11) is -3.99. The molecule has 3 rings (SSSR count). The Hall–Kier alpha value is -3.73. The molecule has 42 heavy (non-hydrogen) atoms. The average molecular weight is 614 g/mol. The molecule has 0 saturated carbocycles. The molecule has 0 bridgehead atoms. The molecule has 13 heteroatoms. The van der Waals surface area contributed by atoms with E-state index < -0.39 is 38.7 Å². The molecule has 2 atom stereocenters. The number of rotatable bonds is 13. The summed E-state index contributed by atoms with van der Waals surface area (Å²) >= 11 is 1.31. The fourth-order valence-corrected chi connectivity index (χ4v) is 7.74. The van der Waals surface area contributed by atoms with Crippen LogP contribution >= 0.6 is 11.8 Å². The second kappa shape index (κ2) is 14.4. The van der Waals surface area contributed by atoms with E-state index in [-0.39, 0.29) is 29.4 Å². The fourth-order valence-electron chi connectivity index (χ4n) is 4.55. The van der Waals surface area contributed by atoms with Crippen molar-refractivity contribution < 1.29 is 27.9 Å². The normalized spacial score (nSPS) is 17.7. The van der Waals surface area contributed by atoms with Gasteiger partial charge in [0.05, 0.1) is 10.8 Å². The molecule has 2 aromatic carbocycles. The number of carbonyl (C=O) groups excluding carboxylic acids is 2. The lowest BCUT2D eigenvalue weighted by atomic mass is 9.99. The third kappa shape index (κ3) is 8.64. The minimum Gasteiger partial charge on any atom is -0.480 e. The number of sulfonamides is 1. The number of hydrogen-bond acceptors (Lipinski definition) is 8. The maximum atomic E-state index is 13.5. The molecule has 0 radical (unpaired) electrons. The Balaban J connectivity index is 1.63. The Kier molecular flexibility index (Phi) is 11.3. The van der Waals surface area contributed by atoms with Crippen LogP contribution in [0.5, 0.6) is 0 Å². The summed E-state index contributed by atoms with van der Waals surface area (Å²) < 4.78 is 27.0. The lowest BCUT2D eigenvalue weighted by Gasteiger charge is -2.31. The molecule has 11 nitrogen and oxygen atoms in total. The van der Waals surface area contributed by atoms with Crippen LogP contribution in [0.1, 0.15) is 44.7 Å². The van der Waals surface area contributed by atoms with Crippen molar-refractivity contribution >= 4 is 45.3 Å². The zero-order valence-corrected chi connectivity index (χ0v) is 25.4. The van der Waals surface area contributed by atoms with Crippen LogP contribution in [-0.4, -0.2) is 70.6 Å². The number of aliphatic imine (C=N–C) groups is 1. The van der Waals surface area contributed by atoms with Crippen molar-refractivity contribution in [2.45, 2.75) is 68.2 Å². The molecule has 1 unspecified atom stereocenters. The zero-order chi connectivity index (χ0) is 30.9. The molecule has 1 heterocycles. The minimum absolute atomic E-state index is 0.0187. The number of ketones is 1. The largest absolute Gasteiger partial charge is 0.480 e. The number of benzene rings is 2. The van der Waals surface area contributed by atoms with Gasteiger partial charge in [0.2, 0.25) is 15.9 Å². The fraction of sp³-hybridized carbons (Fsp3) is 0.414. The molecule has 0 aromatic heterocycles. The highest BCUT2D eigenvalue weighted by atomic mass is 32.2. The molecule has 1 amide bonds. The van der Waals surface area contributed by atoms with Gasteiger partial charge in [0.15, 0.2) is 6.19 Å². The smallest absolute Gasteiger partial charge is 0.326 e. The number of amides is 1. The number of carboxylic acids is 1. The van der Waals surface area contributed by atoms with Crippen molar-refractivity contribution in [2.24, 2.45) is 4.99 Å². The summed E-state index contributed by atoms with van der Waals surface area (Å²) in [5.74, 6) is -1.33. The Morgan fingerprint density at radius 2 is 1.79 bits per heavy atom. The Bertz CT molecular complexity index is 1450. The van der Waals surface area contributed by atoms with Crippen molar-refractivity contribution in [3.8, 4) is 6.19 Å². The highest BCUT2D eigenvalue weighted by Gasteiger charge is 2.51. The summed E-state index contributed by atoms with van der Waals surface area (Å²) in [6.45, 7) is 5.63. The van der Waals surface area contributed by atoms with Crippen molar-refractivity contribution in [2.75, 3.05) is 12.4 Å². The van der Waals surface area contributed by atoms with E-state index >= 15 is 0 Å². The van der Waals surface area contributed by atoms with Crippen molar-refractivity contribution in [3.63, 3.8) is 0 Å². The van der Waals surface area contributed by atoms with E-state index in [4.69, 9.17) is 5.26 Å². The number of amidine groups is 1. The summed E-state index contributed by atoms with van der Waals surface area (Å²) in [5, 5.41) is 23.4. The second-order valence-corrected chi connectivity index (χ2v) is 13.9. The first-order chi connectivity index (χ1) is 19.8. The van der Waals surface area contributed by atoms with Crippen molar-refractivity contribution in [1.29, 1.82) is 5.26 Å². The maximum Gasteiger partial charge on any atom is 0.326 e. The van der Waals surface area contributed by atoms with E-state index in [1.165, 1.54) is 23.9 Å². The topological polar surface area (TPSA) is 169 Å². The summed E-state index contributed by atoms with van der Waals surface area (Å²) in [4.78, 5) is 42.1. The van der Waals surface area contributed by atoms with Gasteiger partial charge in [-0.25, -0.2) is 13.2 Å². The van der Waals surface area contributed by atoms with E-state index in [0.717, 1.165) is 9.87 Å². The molecular formula is C29H35N5O6S2. The summed E-state index contributed by atoms with van der Waals surface area (Å²) in [6, 6.07) is 12.4. The SMILES string of the molecule is CC(=NCCCC(=O)Cc1ccc(CC(NC(=O)[C@H]2N(S(=O)(=O)c3ccccc3)CSC2(C)C)C(=O)O)cc1)NC#N. The molecule has 1 aliphatic rings. The number of nitrogens with zero attached hydrogens (tertiary/aromatic N) is 3. The van der Waals surface area contributed by atoms with Crippen LogP contribution in [0.4, 0.5) is 0 Å². The first kappa shape index (κ1) is 32.8. The monoisotopic (exact) mass is 613 g/mol. The number of nitriles is 1. The molecule has 0 spiro atoms. The van der Waals surface area contributed by atoms with Gasteiger partial charge in [0.25, 0.3) is 0 Å². The predicted molar refractivity (Wildman–Crippen MR) is 160 cm³/mol. The highest BCUT2D eigenvalue weighted by Crippen LogP contribution is 2.42. The molecule has 1 aliphatic heterocycles. The lowest BCUT2D eigenvalue weighted by Crippen LogP contribution is -2.56. The van der Waals surface area contributed by atoms with Crippen LogP contribution in [0, 0.1) is 11.5 Å². The zero-order valence-electron chi connectivity index (χ0n) is 23.7. The second-order valence-electron chi connectivity index (χ2n) is 10.4. The summed E-state index contributed by atoms with van der Waals surface area (Å²) in [5.41, 5.74) is 1.42. The number of nitrogens with one attached hydrogen (secondary N) is 2. The van der Waals surface area contributed by atoms with Crippen LogP contribution in [0.25, 0.3) is 0 Å². The molecule has 0 aliphatic carbocycles. The van der Waals surface area contributed by atoms with Crippen LogP contribution in [-0.2, 0) is 37.2 Å². The van der Waals surface area contributed by atoms with Gasteiger partial charge in [-0.1, -0.05) is 42.5 Å². The standard InChI is InChI=1S/C29H35N5O6S2/c1-20(32-18-30)31-15-7-8-23(35)16-21-11-13-22(14-12-21)17-25(28(37)38)33-27(36)26-29(2,3)41-19-34(26)42(39,40)24-9-5-4-6-10-24/h4-6,9-14,25-26H,7-8,15-17,19H2,1-3H3,(H,31,32)(H,33,36)(H,37,38)/t25?,26-/m1/s1. The van der Waals surface area contributed by atoms with Crippen LogP contribution in [0.15, 0.2) is 64.5 Å². The van der Waals surface area contributed by atoms with Gasteiger partial charge in [0.1, 0.15) is 23.7 Å². The Labute approximate surface area is 250 Å². The van der Waals surface area contributed by atoms with E-state index in [9.17, 15) is 27.9 Å². The van der Waals surface area contributed by atoms with E-state index in [0.29, 0.717) is 30.8 Å². The highest BCUT2D eigenvalue weighted by molar-refractivity contribution is 8.02. The molecule has 1 saturated heterocycles. The van der Waals surface area contributed by atoms with Crippen LogP contribution in [0.2, 0.25) is 0 Å². The number of carboxylic acid groups (broad SMARTS) is 1. The third-order valence-corrected chi connectivity index (χ3v) is 10.1. The summed E-state index contributed by atoms with van der Waals surface area (Å²) in [6.07, 6.45) is 2.88. The van der Waals surface area contributed by atoms with E-state index in [2.05, 4.69) is 15.6 Å². The predicted octanol–water partition coefficient (Wildman–Crippen LogP) is 2.72. The van der Waals surface area contributed by atoms with Crippen LogP contribution < -0.4 is 10.6 Å². The average Bonchev–Trinajstić information content (AvgIpc) is 3.28. The van der Waals surface area contributed by atoms with Gasteiger partial charge in [-0.05, 0) is 50.5 Å². The van der Waals surface area contributed by atoms with Crippen molar-refractivity contribution in [3.05, 3.63) is 65.7 Å². The first-order valence-corrected chi connectivity index (χ1v) is 15.8. The van der Waals surface area contributed by atoms with Gasteiger partial charge >= 0.3 is 5.97 Å². The third-order valence-electron chi connectivity index (χ3n) is 6.79. The first-order valence-electron chi connectivity index (χ1n) is 13.3.